The van der Waals surface area contributed by atoms with Crippen LogP contribution in [0.3, 0.4) is 0 Å². The summed E-state index contributed by atoms with van der Waals surface area (Å²) in [4.78, 5) is 11.4. The van der Waals surface area contributed by atoms with Crippen LogP contribution in [0.5, 0.6) is 0 Å². The molecule has 0 spiro atoms. The maximum atomic E-state index is 11.4. The first-order chi connectivity index (χ1) is 7.84. The smallest absolute Gasteiger partial charge is 0.315 e. The fourth-order valence-corrected chi connectivity index (χ4v) is 1.52. The highest BCUT2D eigenvalue weighted by atomic mass is 16.5. The molecule has 7 nitrogen and oxygen atoms in total. The molecule has 1 aromatic rings. The molecule has 88 valence electrons. The summed E-state index contributed by atoms with van der Waals surface area (Å²) in [5.41, 5.74) is 0. The fraction of sp³-hybridized carbons (Fsp3) is 0.667. The lowest BCUT2D eigenvalue weighted by Gasteiger charge is -2.11. The largest absolute Gasteiger partial charge is 0.379 e. The minimum atomic E-state index is -0.157. The lowest BCUT2D eigenvalue weighted by Crippen LogP contribution is -2.43. The molecule has 0 aromatic carbocycles. The van der Waals surface area contributed by atoms with Gasteiger partial charge in [-0.25, -0.2) is 4.79 Å². The maximum absolute atomic E-state index is 11.4. The molecule has 1 unspecified atom stereocenters. The number of nitrogens with zero attached hydrogens (tertiary/aromatic N) is 3. The Kier molecular flexibility index (Phi) is 3.71. The monoisotopic (exact) mass is 225 g/mol. The van der Waals surface area contributed by atoms with Gasteiger partial charge in [0.05, 0.1) is 25.4 Å². The molecule has 1 saturated heterocycles. The Morgan fingerprint density at radius 1 is 1.62 bits per heavy atom. The third-order valence-corrected chi connectivity index (χ3v) is 2.36. The Morgan fingerprint density at radius 3 is 3.25 bits per heavy atom. The number of carbonyl (C=O) groups excluding carboxylic acids is 1. The number of hydrogen-bond donors (Lipinski definition) is 2. The first kappa shape index (κ1) is 10.9. The van der Waals surface area contributed by atoms with E-state index < -0.39 is 0 Å². The van der Waals surface area contributed by atoms with Gasteiger partial charge in [0, 0.05) is 19.3 Å². The Hall–Kier alpha value is -1.63. The molecule has 1 aromatic heterocycles. The fourth-order valence-electron chi connectivity index (χ4n) is 1.52. The van der Waals surface area contributed by atoms with Crippen LogP contribution in [-0.2, 0) is 11.3 Å². The topological polar surface area (TPSA) is 81.1 Å². The molecule has 0 radical (unpaired) electrons. The van der Waals surface area contributed by atoms with Crippen molar-refractivity contribution in [3.8, 4) is 0 Å². The van der Waals surface area contributed by atoms with E-state index in [1.807, 2.05) is 0 Å². The summed E-state index contributed by atoms with van der Waals surface area (Å²) in [6.45, 7) is 2.48. The van der Waals surface area contributed by atoms with Crippen LogP contribution in [0.2, 0.25) is 0 Å². The second kappa shape index (κ2) is 5.45. The van der Waals surface area contributed by atoms with Gasteiger partial charge in [0.25, 0.3) is 0 Å². The standard InChI is InChI=1S/C9H15N5O2/c15-9(12-8-1-6-16-7-8)10-2-4-14-5-3-11-13-14/h3,5,8H,1-2,4,6-7H2,(H2,10,12,15). The van der Waals surface area contributed by atoms with Crippen molar-refractivity contribution >= 4 is 6.03 Å². The van der Waals surface area contributed by atoms with Crippen LogP contribution in [0.4, 0.5) is 4.79 Å². The van der Waals surface area contributed by atoms with Gasteiger partial charge >= 0.3 is 6.03 Å². The van der Waals surface area contributed by atoms with Gasteiger partial charge < -0.3 is 15.4 Å². The van der Waals surface area contributed by atoms with E-state index in [9.17, 15) is 4.79 Å². The molecule has 7 heteroatoms. The van der Waals surface area contributed by atoms with Crippen molar-refractivity contribution in [1.82, 2.24) is 25.6 Å². The molecule has 1 fully saturated rings. The summed E-state index contributed by atoms with van der Waals surface area (Å²) in [6.07, 6.45) is 4.25. The predicted octanol–water partition coefficient (Wildman–Crippen LogP) is -0.634. The third kappa shape index (κ3) is 3.20. The summed E-state index contributed by atoms with van der Waals surface area (Å²) in [7, 11) is 0. The Balaban J connectivity index is 1.60. The molecule has 16 heavy (non-hydrogen) atoms. The van der Waals surface area contributed by atoms with E-state index in [2.05, 4.69) is 20.9 Å². The highest BCUT2D eigenvalue weighted by Crippen LogP contribution is 2.02. The molecule has 0 bridgehead atoms. The average molecular weight is 225 g/mol. The number of urea groups is 1. The molecule has 2 heterocycles. The number of rotatable bonds is 4. The first-order valence-electron chi connectivity index (χ1n) is 5.31. The van der Waals surface area contributed by atoms with Crippen molar-refractivity contribution in [2.45, 2.75) is 19.0 Å². The molecule has 1 atom stereocenters. The van der Waals surface area contributed by atoms with E-state index in [1.165, 1.54) is 0 Å². The third-order valence-electron chi connectivity index (χ3n) is 2.36. The Bertz CT molecular complexity index is 321. The zero-order chi connectivity index (χ0) is 11.2. The van der Waals surface area contributed by atoms with Crippen LogP contribution in [0.25, 0.3) is 0 Å². The summed E-state index contributed by atoms with van der Waals surface area (Å²) < 4.78 is 6.82. The molecular weight excluding hydrogens is 210 g/mol. The van der Waals surface area contributed by atoms with Gasteiger partial charge in [-0.05, 0) is 6.42 Å². The summed E-state index contributed by atoms with van der Waals surface area (Å²) in [5, 5.41) is 13.1. The van der Waals surface area contributed by atoms with Crippen LogP contribution < -0.4 is 10.6 Å². The van der Waals surface area contributed by atoms with Crippen LogP contribution in [0.1, 0.15) is 6.42 Å². The molecule has 0 saturated carbocycles. The highest BCUT2D eigenvalue weighted by molar-refractivity contribution is 5.74. The zero-order valence-electron chi connectivity index (χ0n) is 8.93. The van der Waals surface area contributed by atoms with Gasteiger partial charge in [0.15, 0.2) is 0 Å². The lowest BCUT2D eigenvalue weighted by atomic mass is 10.3. The molecule has 0 aliphatic carbocycles. The van der Waals surface area contributed by atoms with Crippen molar-refractivity contribution in [3.63, 3.8) is 0 Å². The number of hydrogen-bond acceptors (Lipinski definition) is 4. The summed E-state index contributed by atoms with van der Waals surface area (Å²) in [6, 6.07) is -0.0121. The molecule has 2 amide bonds. The van der Waals surface area contributed by atoms with Gasteiger partial charge in [0.1, 0.15) is 0 Å². The number of carbonyl (C=O) groups is 1. The van der Waals surface area contributed by atoms with Crippen molar-refractivity contribution in [3.05, 3.63) is 12.4 Å². The molecular formula is C9H15N5O2. The number of aromatic nitrogens is 3. The van der Waals surface area contributed by atoms with Gasteiger partial charge in [-0.2, -0.15) is 0 Å². The van der Waals surface area contributed by atoms with Crippen molar-refractivity contribution < 1.29 is 9.53 Å². The quantitative estimate of drug-likeness (QED) is 0.714. The summed E-state index contributed by atoms with van der Waals surface area (Å²) >= 11 is 0. The Labute approximate surface area is 93.2 Å². The number of amides is 2. The first-order valence-corrected chi connectivity index (χ1v) is 5.31. The normalized spacial score (nSPS) is 19.6. The molecule has 1 aliphatic heterocycles. The highest BCUT2D eigenvalue weighted by Gasteiger charge is 2.17. The second-order valence-corrected chi connectivity index (χ2v) is 3.63. The van der Waals surface area contributed by atoms with E-state index in [-0.39, 0.29) is 12.1 Å². The van der Waals surface area contributed by atoms with Crippen LogP contribution in [-0.4, -0.2) is 46.8 Å². The van der Waals surface area contributed by atoms with E-state index in [1.54, 1.807) is 17.1 Å². The average Bonchev–Trinajstić information content (AvgIpc) is 2.90. The molecule has 1 aliphatic rings. The number of ether oxygens (including phenoxy) is 1. The van der Waals surface area contributed by atoms with E-state index in [0.29, 0.717) is 19.7 Å². The predicted molar refractivity (Wildman–Crippen MR) is 55.8 cm³/mol. The maximum Gasteiger partial charge on any atom is 0.315 e. The molecule has 2 rings (SSSR count). The van der Waals surface area contributed by atoms with Crippen LogP contribution in [0, 0.1) is 0 Å². The number of nitrogens with one attached hydrogen (secondary N) is 2. The van der Waals surface area contributed by atoms with Gasteiger partial charge in [-0.15, -0.1) is 5.10 Å². The Morgan fingerprint density at radius 2 is 2.56 bits per heavy atom. The van der Waals surface area contributed by atoms with Gasteiger partial charge in [-0.1, -0.05) is 5.21 Å². The minimum Gasteiger partial charge on any atom is -0.379 e. The second-order valence-electron chi connectivity index (χ2n) is 3.63. The van der Waals surface area contributed by atoms with Crippen molar-refractivity contribution in [1.29, 1.82) is 0 Å². The SMILES string of the molecule is O=C(NCCn1ccnn1)NC1CCOC1. The van der Waals surface area contributed by atoms with Gasteiger partial charge in [0.2, 0.25) is 0 Å². The van der Waals surface area contributed by atoms with Gasteiger partial charge in [-0.3, -0.25) is 4.68 Å². The summed E-state index contributed by atoms with van der Waals surface area (Å²) in [5.74, 6) is 0. The zero-order valence-corrected chi connectivity index (χ0v) is 8.93. The minimum absolute atomic E-state index is 0.145. The van der Waals surface area contributed by atoms with Crippen molar-refractivity contribution in [2.24, 2.45) is 0 Å². The van der Waals surface area contributed by atoms with Crippen LogP contribution >= 0.6 is 0 Å². The van der Waals surface area contributed by atoms with E-state index >= 15 is 0 Å². The molecule has 2 N–H and O–H groups in total. The van der Waals surface area contributed by atoms with E-state index in [4.69, 9.17) is 4.74 Å². The van der Waals surface area contributed by atoms with Crippen molar-refractivity contribution in [2.75, 3.05) is 19.8 Å². The lowest BCUT2D eigenvalue weighted by molar-refractivity contribution is 0.188. The van der Waals surface area contributed by atoms with Crippen LogP contribution in [0.15, 0.2) is 12.4 Å². The van der Waals surface area contributed by atoms with E-state index in [0.717, 1.165) is 13.0 Å².